The second-order valence-corrected chi connectivity index (χ2v) is 6.51. The van der Waals surface area contributed by atoms with Gasteiger partial charge < -0.3 is 11.1 Å². The molecule has 0 saturated carbocycles. The Kier molecular flexibility index (Phi) is 7.45. The number of carbonyl (C=O) groups is 2. The SMILES string of the molecule is CCCCCCCC[C@@H](NC(=O)c1cccc2ccccc12)C(N)=O. The molecule has 25 heavy (non-hydrogen) atoms. The van der Waals surface area contributed by atoms with Crippen molar-refractivity contribution in [2.75, 3.05) is 0 Å². The first-order valence-corrected chi connectivity index (χ1v) is 9.21. The highest BCUT2D eigenvalue weighted by molar-refractivity contribution is 6.08. The molecule has 1 atom stereocenters. The first-order chi connectivity index (χ1) is 12.1. The number of primary amides is 1. The summed E-state index contributed by atoms with van der Waals surface area (Å²) in [6, 6.07) is 12.7. The van der Waals surface area contributed by atoms with Gasteiger partial charge in [-0.25, -0.2) is 0 Å². The van der Waals surface area contributed by atoms with Gasteiger partial charge in [-0.15, -0.1) is 0 Å². The average Bonchev–Trinajstić information content (AvgIpc) is 2.62. The molecule has 2 rings (SSSR count). The van der Waals surface area contributed by atoms with Crippen LogP contribution < -0.4 is 11.1 Å². The summed E-state index contributed by atoms with van der Waals surface area (Å²) < 4.78 is 0. The summed E-state index contributed by atoms with van der Waals surface area (Å²) in [6.07, 6.45) is 7.40. The number of hydrogen-bond acceptors (Lipinski definition) is 2. The number of fused-ring (bicyclic) bond motifs is 1. The van der Waals surface area contributed by atoms with Gasteiger partial charge in [0.1, 0.15) is 6.04 Å². The summed E-state index contributed by atoms with van der Waals surface area (Å²) in [6.45, 7) is 2.19. The van der Waals surface area contributed by atoms with Crippen molar-refractivity contribution in [3.8, 4) is 0 Å². The zero-order chi connectivity index (χ0) is 18.1. The number of nitrogens with two attached hydrogens (primary N) is 1. The monoisotopic (exact) mass is 340 g/mol. The number of rotatable bonds is 10. The van der Waals surface area contributed by atoms with E-state index in [1.54, 1.807) is 6.07 Å². The van der Waals surface area contributed by atoms with Gasteiger partial charge in [-0.3, -0.25) is 9.59 Å². The maximum absolute atomic E-state index is 12.6. The van der Waals surface area contributed by atoms with Crippen LogP contribution in [0.15, 0.2) is 42.5 Å². The van der Waals surface area contributed by atoms with E-state index in [-0.39, 0.29) is 5.91 Å². The van der Waals surface area contributed by atoms with Gasteiger partial charge in [0.2, 0.25) is 5.91 Å². The summed E-state index contributed by atoms with van der Waals surface area (Å²) in [5, 5.41) is 4.69. The third-order valence-electron chi connectivity index (χ3n) is 4.53. The molecule has 2 aromatic carbocycles. The van der Waals surface area contributed by atoms with Crippen LogP contribution in [0.1, 0.15) is 62.2 Å². The quantitative estimate of drug-likeness (QED) is 0.637. The zero-order valence-corrected chi connectivity index (χ0v) is 15.0. The lowest BCUT2D eigenvalue weighted by molar-refractivity contribution is -0.120. The highest BCUT2D eigenvalue weighted by Gasteiger charge is 2.19. The fourth-order valence-electron chi connectivity index (χ4n) is 3.07. The Morgan fingerprint density at radius 3 is 2.40 bits per heavy atom. The Balaban J connectivity index is 1.96. The van der Waals surface area contributed by atoms with E-state index in [0.717, 1.165) is 30.0 Å². The van der Waals surface area contributed by atoms with Crippen LogP contribution in [0.4, 0.5) is 0 Å². The van der Waals surface area contributed by atoms with Gasteiger partial charge in [-0.2, -0.15) is 0 Å². The number of benzene rings is 2. The fourth-order valence-corrected chi connectivity index (χ4v) is 3.07. The first kappa shape index (κ1) is 19.0. The van der Waals surface area contributed by atoms with E-state index in [1.807, 2.05) is 36.4 Å². The molecule has 2 aromatic rings. The molecule has 0 heterocycles. The largest absolute Gasteiger partial charge is 0.368 e. The molecule has 0 radical (unpaired) electrons. The molecule has 0 fully saturated rings. The van der Waals surface area contributed by atoms with Crippen LogP contribution in [-0.4, -0.2) is 17.9 Å². The van der Waals surface area contributed by atoms with Gasteiger partial charge in [-0.05, 0) is 23.3 Å². The van der Waals surface area contributed by atoms with Gasteiger partial charge in [0.15, 0.2) is 0 Å². The number of unbranched alkanes of at least 4 members (excludes halogenated alkanes) is 5. The average molecular weight is 340 g/mol. The van der Waals surface area contributed by atoms with Crippen LogP contribution in [0.5, 0.6) is 0 Å². The van der Waals surface area contributed by atoms with E-state index in [0.29, 0.717) is 12.0 Å². The van der Waals surface area contributed by atoms with Crippen molar-refractivity contribution in [2.24, 2.45) is 5.73 Å². The molecule has 3 N–H and O–H groups in total. The van der Waals surface area contributed by atoms with Crippen LogP contribution in [0.2, 0.25) is 0 Å². The first-order valence-electron chi connectivity index (χ1n) is 9.21. The minimum atomic E-state index is -0.613. The van der Waals surface area contributed by atoms with Crippen LogP contribution in [0.3, 0.4) is 0 Å². The topological polar surface area (TPSA) is 72.2 Å². The molecule has 0 aliphatic rings. The molecule has 0 aliphatic carbocycles. The summed E-state index contributed by atoms with van der Waals surface area (Å²) in [4.78, 5) is 24.3. The molecule has 0 aromatic heterocycles. The summed E-state index contributed by atoms with van der Waals surface area (Å²) in [5.41, 5.74) is 6.06. The number of carbonyl (C=O) groups excluding carboxylic acids is 2. The molecular weight excluding hydrogens is 312 g/mol. The predicted molar refractivity (Wildman–Crippen MR) is 102 cm³/mol. The van der Waals surface area contributed by atoms with E-state index in [2.05, 4.69) is 12.2 Å². The van der Waals surface area contributed by atoms with E-state index in [9.17, 15) is 9.59 Å². The highest BCUT2D eigenvalue weighted by Crippen LogP contribution is 2.18. The van der Waals surface area contributed by atoms with Gasteiger partial charge in [0, 0.05) is 5.56 Å². The summed E-state index contributed by atoms with van der Waals surface area (Å²) in [5.74, 6) is -0.714. The molecule has 0 spiro atoms. The smallest absolute Gasteiger partial charge is 0.252 e. The van der Waals surface area contributed by atoms with Crippen LogP contribution >= 0.6 is 0 Å². The second-order valence-electron chi connectivity index (χ2n) is 6.51. The maximum atomic E-state index is 12.6. The Morgan fingerprint density at radius 2 is 1.64 bits per heavy atom. The predicted octanol–water partition coefficient (Wildman–Crippen LogP) is 4.17. The maximum Gasteiger partial charge on any atom is 0.252 e. The molecule has 0 bridgehead atoms. The second kappa shape index (κ2) is 9.82. The Labute approximate surface area is 149 Å². The lowest BCUT2D eigenvalue weighted by Crippen LogP contribution is -2.44. The molecule has 134 valence electrons. The van der Waals surface area contributed by atoms with E-state index in [1.165, 1.54) is 19.3 Å². The minimum absolute atomic E-state index is 0.244. The van der Waals surface area contributed by atoms with Gasteiger partial charge in [-0.1, -0.05) is 81.8 Å². The van der Waals surface area contributed by atoms with E-state index < -0.39 is 11.9 Å². The molecule has 4 heteroatoms. The standard InChI is InChI=1S/C21H28N2O2/c1-2-3-4-5-6-7-15-19(20(22)24)23-21(25)18-14-10-12-16-11-8-9-13-17(16)18/h8-14,19H,2-7,15H2,1H3,(H2,22,24)(H,23,25)/t19-/m1/s1. The molecule has 0 saturated heterocycles. The Bertz CT molecular complexity index is 707. The lowest BCUT2D eigenvalue weighted by atomic mass is 10.0. The Morgan fingerprint density at radius 1 is 0.960 bits per heavy atom. The molecular formula is C21H28N2O2. The fraction of sp³-hybridized carbons (Fsp3) is 0.429. The Hall–Kier alpha value is -2.36. The van der Waals surface area contributed by atoms with Crippen molar-refractivity contribution < 1.29 is 9.59 Å². The zero-order valence-electron chi connectivity index (χ0n) is 15.0. The molecule has 4 nitrogen and oxygen atoms in total. The van der Waals surface area contributed by atoms with Gasteiger partial charge in [0.05, 0.1) is 0 Å². The van der Waals surface area contributed by atoms with Crippen LogP contribution in [-0.2, 0) is 4.79 Å². The number of nitrogens with one attached hydrogen (secondary N) is 1. The van der Waals surface area contributed by atoms with Crippen molar-refractivity contribution in [3.63, 3.8) is 0 Å². The van der Waals surface area contributed by atoms with Crippen molar-refractivity contribution >= 4 is 22.6 Å². The van der Waals surface area contributed by atoms with Crippen molar-refractivity contribution in [3.05, 3.63) is 48.0 Å². The number of amides is 2. The van der Waals surface area contributed by atoms with E-state index >= 15 is 0 Å². The third-order valence-corrected chi connectivity index (χ3v) is 4.53. The van der Waals surface area contributed by atoms with Crippen LogP contribution in [0, 0.1) is 0 Å². The highest BCUT2D eigenvalue weighted by atomic mass is 16.2. The lowest BCUT2D eigenvalue weighted by Gasteiger charge is -2.16. The van der Waals surface area contributed by atoms with Gasteiger partial charge in [0.25, 0.3) is 5.91 Å². The number of hydrogen-bond donors (Lipinski definition) is 2. The van der Waals surface area contributed by atoms with Crippen molar-refractivity contribution in [1.29, 1.82) is 0 Å². The molecule has 0 aliphatic heterocycles. The minimum Gasteiger partial charge on any atom is -0.368 e. The van der Waals surface area contributed by atoms with Crippen LogP contribution in [0.25, 0.3) is 10.8 Å². The normalized spacial score (nSPS) is 12.0. The molecule has 2 amide bonds. The van der Waals surface area contributed by atoms with E-state index in [4.69, 9.17) is 5.73 Å². The third kappa shape index (κ3) is 5.59. The van der Waals surface area contributed by atoms with Gasteiger partial charge >= 0.3 is 0 Å². The van der Waals surface area contributed by atoms with Crippen molar-refractivity contribution in [2.45, 2.75) is 57.9 Å². The summed E-state index contributed by atoms with van der Waals surface area (Å²) in [7, 11) is 0. The molecule has 0 unspecified atom stereocenters. The summed E-state index contributed by atoms with van der Waals surface area (Å²) >= 11 is 0. The van der Waals surface area contributed by atoms with Crippen molar-refractivity contribution in [1.82, 2.24) is 5.32 Å².